The van der Waals surface area contributed by atoms with Gasteiger partial charge in [0.05, 0.1) is 20.6 Å². The summed E-state index contributed by atoms with van der Waals surface area (Å²) in [4.78, 5) is 27.3. The van der Waals surface area contributed by atoms with E-state index < -0.39 is 0 Å². The van der Waals surface area contributed by atoms with Crippen LogP contribution in [0.3, 0.4) is 0 Å². The van der Waals surface area contributed by atoms with Crippen molar-refractivity contribution in [3.05, 3.63) is 59.8 Å². The van der Waals surface area contributed by atoms with Gasteiger partial charge in [-0.15, -0.1) is 0 Å². The Morgan fingerprint density at radius 1 is 0.964 bits per heavy atom. The number of nitrogens with one attached hydrogen (secondary N) is 3. The summed E-state index contributed by atoms with van der Waals surface area (Å²) < 4.78 is 10.5. The molecule has 28 heavy (non-hydrogen) atoms. The monoisotopic (exact) mass is 381 g/mol. The molecule has 7 nitrogen and oxygen atoms in total. The Morgan fingerprint density at radius 3 is 2.50 bits per heavy atom. The summed E-state index contributed by atoms with van der Waals surface area (Å²) >= 11 is 0. The molecule has 0 saturated carbocycles. The lowest BCUT2D eigenvalue weighted by atomic mass is 10.1. The number of hydrogen-bond acceptors (Lipinski definition) is 4. The van der Waals surface area contributed by atoms with E-state index in [1.165, 1.54) is 0 Å². The minimum Gasteiger partial charge on any atom is -0.493 e. The number of aryl methyl sites for hydroxylation is 1. The maximum absolute atomic E-state index is 12.1. The van der Waals surface area contributed by atoms with Gasteiger partial charge < -0.3 is 14.5 Å². The van der Waals surface area contributed by atoms with Gasteiger partial charge in [0.2, 0.25) is 11.8 Å². The fraction of sp³-hybridized carbons (Fsp3) is 0.238. The van der Waals surface area contributed by atoms with E-state index in [1.54, 1.807) is 20.3 Å². The fourth-order valence-electron chi connectivity index (χ4n) is 2.99. The van der Waals surface area contributed by atoms with Gasteiger partial charge in [0.1, 0.15) is 0 Å². The number of aromatic amines is 1. The van der Waals surface area contributed by atoms with Gasteiger partial charge in [0.15, 0.2) is 11.5 Å². The van der Waals surface area contributed by atoms with Gasteiger partial charge >= 0.3 is 0 Å². The van der Waals surface area contributed by atoms with Crippen LogP contribution >= 0.6 is 0 Å². The highest BCUT2D eigenvalue weighted by Gasteiger charge is 2.10. The lowest BCUT2D eigenvalue weighted by Gasteiger charge is -2.10. The first kappa shape index (κ1) is 19.3. The van der Waals surface area contributed by atoms with Gasteiger partial charge in [-0.1, -0.05) is 24.3 Å². The van der Waals surface area contributed by atoms with Crippen molar-refractivity contribution in [2.45, 2.75) is 19.3 Å². The van der Waals surface area contributed by atoms with Crippen LogP contribution in [0.1, 0.15) is 17.5 Å². The molecule has 1 aromatic heterocycles. The summed E-state index contributed by atoms with van der Waals surface area (Å²) in [5.41, 5.74) is 7.73. The quantitative estimate of drug-likeness (QED) is 0.548. The minimum atomic E-state index is -0.274. The van der Waals surface area contributed by atoms with Crippen LogP contribution in [-0.4, -0.2) is 31.0 Å². The third-order valence-corrected chi connectivity index (χ3v) is 4.46. The Labute approximate surface area is 163 Å². The van der Waals surface area contributed by atoms with E-state index in [0.717, 1.165) is 22.0 Å². The topological polar surface area (TPSA) is 92.5 Å². The normalized spacial score (nSPS) is 10.5. The molecule has 3 N–H and O–H groups in total. The van der Waals surface area contributed by atoms with E-state index in [4.69, 9.17) is 9.47 Å². The number of benzene rings is 2. The molecule has 7 heteroatoms. The third kappa shape index (κ3) is 4.62. The number of fused-ring (bicyclic) bond motifs is 1. The average Bonchev–Trinajstić information content (AvgIpc) is 3.13. The van der Waals surface area contributed by atoms with E-state index in [0.29, 0.717) is 17.9 Å². The number of para-hydroxylation sites is 1. The van der Waals surface area contributed by atoms with Crippen molar-refractivity contribution in [2.24, 2.45) is 0 Å². The average molecular weight is 381 g/mol. The van der Waals surface area contributed by atoms with E-state index >= 15 is 0 Å². The smallest absolute Gasteiger partial charge is 0.242 e. The van der Waals surface area contributed by atoms with Gasteiger partial charge in [-0.2, -0.15) is 0 Å². The van der Waals surface area contributed by atoms with Gasteiger partial charge in [-0.3, -0.25) is 20.4 Å². The molecule has 0 aliphatic heterocycles. The molecule has 0 saturated heterocycles. The molecule has 0 aliphatic rings. The summed E-state index contributed by atoms with van der Waals surface area (Å²) in [7, 11) is 3.14. The predicted octanol–water partition coefficient (Wildman–Crippen LogP) is 2.51. The van der Waals surface area contributed by atoms with Gasteiger partial charge in [0, 0.05) is 23.5 Å². The highest BCUT2D eigenvalue weighted by molar-refractivity contribution is 5.89. The van der Waals surface area contributed by atoms with E-state index in [2.05, 4.69) is 15.8 Å². The number of amides is 2. The van der Waals surface area contributed by atoms with Crippen molar-refractivity contribution < 1.29 is 19.1 Å². The molecule has 3 rings (SSSR count). The zero-order valence-corrected chi connectivity index (χ0v) is 15.9. The van der Waals surface area contributed by atoms with Crippen LogP contribution in [0.25, 0.3) is 10.9 Å². The fourth-order valence-corrected chi connectivity index (χ4v) is 2.99. The highest BCUT2D eigenvalue weighted by Crippen LogP contribution is 2.27. The second-order valence-electron chi connectivity index (χ2n) is 6.32. The van der Waals surface area contributed by atoms with Crippen LogP contribution < -0.4 is 20.3 Å². The Bertz CT molecular complexity index is 981. The Morgan fingerprint density at radius 2 is 1.71 bits per heavy atom. The van der Waals surface area contributed by atoms with Gasteiger partial charge in [-0.05, 0) is 35.7 Å². The SMILES string of the molecule is COc1ccc(CCC(=O)NNC(=O)Cc2c[nH]c3ccccc23)cc1OC. The zero-order valence-electron chi connectivity index (χ0n) is 15.9. The molecule has 2 amide bonds. The first-order chi connectivity index (χ1) is 13.6. The second-order valence-corrected chi connectivity index (χ2v) is 6.32. The van der Waals surface area contributed by atoms with E-state index in [1.807, 2.05) is 42.6 Å². The number of aromatic nitrogens is 1. The van der Waals surface area contributed by atoms with Crippen LogP contribution in [0.2, 0.25) is 0 Å². The number of hydrazine groups is 1. The van der Waals surface area contributed by atoms with Crippen molar-refractivity contribution in [1.29, 1.82) is 0 Å². The second kappa shape index (κ2) is 8.94. The first-order valence-corrected chi connectivity index (χ1v) is 8.94. The molecule has 2 aromatic carbocycles. The summed E-state index contributed by atoms with van der Waals surface area (Å²) in [6.07, 6.45) is 2.75. The maximum Gasteiger partial charge on any atom is 0.242 e. The summed E-state index contributed by atoms with van der Waals surface area (Å²) in [6, 6.07) is 13.3. The number of rotatable bonds is 7. The van der Waals surface area contributed by atoms with Gasteiger partial charge in [-0.25, -0.2) is 0 Å². The number of hydrogen-bond donors (Lipinski definition) is 3. The van der Waals surface area contributed by atoms with Crippen LogP contribution in [0.4, 0.5) is 0 Å². The maximum atomic E-state index is 12.1. The largest absolute Gasteiger partial charge is 0.493 e. The predicted molar refractivity (Wildman–Crippen MR) is 106 cm³/mol. The number of carbonyl (C=O) groups excluding carboxylic acids is 2. The van der Waals surface area contributed by atoms with Crippen molar-refractivity contribution in [3.8, 4) is 11.5 Å². The molecule has 1 heterocycles. The van der Waals surface area contributed by atoms with Crippen LogP contribution in [0.15, 0.2) is 48.7 Å². The molecule has 0 radical (unpaired) electrons. The molecule has 0 unspecified atom stereocenters. The Balaban J connectivity index is 1.47. The number of H-pyrrole nitrogens is 1. The lowest BCUT2D eigenvalue weighted by Crippen LogP contribution is -2.42. The molecule has 146 valence electrons. The zero-order chi connectivity index (χ0) is 19.9. The van der Waals surface area contributed by atoms with Gasteiger partial charge in [0.25, 0.3) is 0 Å². The number of carbonyl (C=O) groups is 2. The molecule has 0 bridgehead atoms. The summed E-state index contributed by atoms with van der Waals surface area (Å²) in [5.74, 6) is 0.721. The van der Waals surface area contributed by atoms with Crippen LogP contribution in [0, 0.1) is 0 Å². The van der Waals surface area contributed by atoms with Crippen molar-refractivity contribution in [2.75, 3.05) is 14.2 Å². The van der Waals surface area contributed by atoms with Crippen LogP contribution in [0.5, 0.6) is 11.5 Å². The standard InChI is InChI=1S/C21H23N3O4/c1-27-18-9-7-14(11-19(18)28-2)8-10-20(25)23-24-21(26)12-15-13-22-17-6-4-3-5-16(15)17/h3-7,9,11,13,22H,8,10,12H2,1-2H3,(H,23,25)(H,24,26). The van der Waals surface area contributed by atoms with Crippen molar-refractivity contribution >= 4 is 22.7 Å². The molecule has 0 fully saturated rings. The van der Waals surface area contributed by atoms with Crippen LogP contribution in [-0.2, 0) is 22.4 Å². The third-order valence-electron chi connectivity index (χ3n) is 4.46. The lowest BCUT2D eigenvalue weighted by molar-refractivity contribution is -0.128. The molecule has 0 spiro atoms. The summed E-state index contributed by atoms with van der Waals surface area (Å²) in [5, 5.41) is 0.998. The molecule has 0 aliphatic carbocycles. The number of methoxy groups -OCH3 is 2. The summed E-state index contributed by atoms with van der Waals surface area (Å²) in [6.45, 7) is 0. The minimum absolute atomic E-state index is 0.181. The van der Waals surface area contributed by atoms with E-state index in [9.17, 15) is 9.59 Å². The number of ether oxygens (including phenoxy) is 2. The van der Waals surface area contributed by atoms with E-state index in [-0.39, 0.29) is 24.7 Å². The highest BCUT2D eigenvalue weighted by atomic mass is 16.5. The molecular formula is C21H23N3O4. The van der Waals surface area contributed by atoms with Crippen molar-refractivity contribution in [1.82, 2.24) is 15.8 Å². The molecule has 3 aromatic rings. The first-order valence-electron chi connectivity index (χ1n) is 8.94. The Kier molecular flexibility index (Phi) is 6.16. The Hall–Kier alpha value is -3.48. The van der Waals surface area contributed by atoms with Crippen molar-refractivity contribution in [3.63, 3.8) is 0 Å². The molecule has 0 atom stereocenters. The molecular weight excluding hydrogens is 358 g/mol.